The number of rotatable bonds is 5. The molecule has 0 aromatic heterocycles. The second-order valence-electron chi connectivity index (χ2n) is 5.57. The van der Waals surface area contributed by atoms with Crippen molar-refractivity contribution in [1.29, 1.82) is 0 Å². The van der Waals surface area contributed by atoms with Crippen LogP contribution in [-0.2, 0) is 11.2 Å². The molecule has 0 saturated heterocycles. The summed E-state index contributed by atoms with van der Waals surface area (Å²) in [6, 6.07) is 7.89. The zero-order valence-corrected chi connectivity index (χ0v) is 13.9. The lowest BCUT2D eigenvalue weighted by Crippen LogP contribution is -2.35. The van der Waals surface area contributed by atoms with Crippen LogP contribution in [-0.4, -0.2) is 18.3 Å². The van der Waals surface area contributed by atoms with E-state index in [1.807, 2.05) is 24.3 Å². The summed E-state index contributed by atoms with van der Waals surface area (Å²) >= 11 is 9.41. The van der Waals surface area contributed by atoms with Crippen LogP contribution in [0.2, 0.25) is 0 Å². The molecular weight excluding hydrogens is 338 g/mol. The van der Waals surface area contributed by atoms with Crippen molar-refractivity contribution in [2.75, 3.05) is 12.4 Å². The molecule has 1 aromatic rings. The smallest absolute Gasteiger partial charge is 0.224 e. The number of hydrogen-bond acceptors (Lipinski definition) is 1. The van der Waals surface area contributed by atoms with Crippen LogP contribution in [0.15, 0.2) is 28.7 Å². The fourth-order valence-electron chi connectivity index (χ4n) is 2.85. The molecule has 1 aliphatic rings. The minimum absolute atomic E-state index is 0.103. The first-order chi connectivity index (χ1) is 9.69. The molecule has 1 saturated carbocycles. The van der Waals surface area contributed by atoms with E-state index in [4.69, 9.17) is 11.6 Å². The molecule has 0 radical (unpaired) electrons. The number of amides is 1. The normalized spacial score (nSPS) is 22.5. The monoisotopic (exact) mass is 357 g/mol. The van der Waals surface area contributed by atoms with E-state index < -0.39 is 0 Å². The summed E-state index contributed by atoms with van der Waals surface area (Å²) in [7, 11) is 0. The minimum Gasteiger partial charge on any atom is -0.356 e. The van der Waals surface area contributed by atoms with Gasteiger partial charge in [0.25, 0.3) is 0 Å². The molecule has 4 heteroatoms. The van der Waals surface area contributed by atoms with Gasteiger partial charge in [-0.15, -0.1) is 11.6 Å². The molecule has 2 nitrogen and oxygen atoms in total. The Morgan fingerprint density at radius 3 is 2.50 bits per heavy atom. The van der Waals surface area contributed by atoms with Crippen LogP contribution < -0.4 is 5.32 Å². The van der Waals surface area contributed by atoms with Gasteiger partial charge in [0, 0.05) is 16.9 Å². The molecular formula is C16H21BrClNO. The molecule has 2 atom stereocenters. The van der Waals surface area contributed by atoms with Crippen molar-refractivity contribution in [2.24, 2.45) is 11.8 Å². The highest BCUT2D eigenvalue weighted by atomic mass is 79.9. The molecule has 1 aromatic carbocycles. The average Bonchev–Trinajstić information content (AvgIpc) is 2.48. The zero-order valence-electron chi connectivity index (χ0n) is 11.6. The van der Waals surface area contributed by atoms with Gasteiger partial charge in [-0.1, -0.05) is 40.9 Å². The molecule has 0 heterocycles. The summed E-state index contributed by atoms with van der Waals surface area (Å²) in [5.74, 6) is 1.94. The lowest BCUT2D eigenvalue weighted by atomic mass is 9.80. The van der Waals surface area contributed by atoms with Crippen molar-refractivity contribution in [1.82, 2.24) is 5.32 Å². The van der Waals surface area contributed by atoms with Crippen LogP contribution in [0.1, 0.15) is 31.2 Å². The van der Waals surface area contributed by atoms with E-state index in [2.05, 4.69) is 21.2 Å². The van der Waals surface area contributed by atoms with Crippen LogP contribution >= 0.6 is 27.5 Å². The summed E-state index contributed by atoms with van der Waals surface area (Å²) in [5.41, 5.74) is 1.04. The van der Waals surface area contributed by atoms with Gasteiger partial charge in [-0.25, -0.2) is 0 Å². The second kappa shape index (κ2) is 8.04. The topological polar surface area (TPSA) is 29.1 Å². The van der Waals surface area contributed by atoms with E-state index in [-0.39, 0.29) is 5.91 Å². The third-order valence-electron chi connectivity index (χ3n) is 4.10. The van der Waals surface area contributed by atoms with Gasteiger partial charge < -0.3 is 5.32 Å². The lowest BCUT2D eigenvalue weighted by Gasteiger charge is -2.30. The number of halogens is 2. The molecule has 0 aliphatic heterocycles. The summed E-state index contributed by atoms with van der Waals surface area (Å²) in [6.45, 7) is 0.771. The van der Waals surface area contributed by atoms with Gasteiger partial charge in [0.1, 0.15) is 0 Å². The van der Waals surface area contributed by atoms with Crippen molar-refractivity contribution >= 4 is 33.4 Å². The average molecular weight is 359 g/mol. The summed E-state index contributed by atoms with van der Waals surface area (Å²) in [6.07, 6.45) is 5.39. The fraction of sp³-hybridized carbons (Fsp3) is 0.562. The highest BCUT2D eigenvalue weighted by molar-refractivity contribution is 9.10. The summed E-state index contributed by atoms with van der Waals surface area (Å²) < 4.78 is 1.04. The minimum atomic E-state index is 0.103. The summed E-state index contributed by atoms with van der Waals surface area (Å²) in [4.78, 5) is 12.0. The van der Waals surface area contributed by atoms with Gasteiger partial charge in [0.2, 0.25) is 5.91 Å². The number of nitrogens with one attached hydrogen (secondary N) is 1. The number of benzene rings is 1. The van der Waals surface area contributed by atoms with Gasteiger partial charge in [-0.2, -0.15) is 0 Å². The van der Waals surface area contributed by atoms with Crippen molar-refractivity contribution in [2.45, 2.75) is 32.1 Å². The molecule has 1 fully saturated rings. The highest BCUT2D eigenvalue weighted by Gasteiger charge is 2.24. The Morgan fingerprint density at radius 1 is 1.20 bits per heavy atom. The first-order valence-corrected chi connectivity index (χ1v) is 8.59. The zero-order chi connectivity index (χ0) is 14.4. The largest absolute Gasteiger partial charge is 0.356 e. The van der Waals surface area contributed by atoms with Crippen molar-refractivity contribution in [3.05, 3.63) is 34.3 Å². The van der Waals surface area contributed by atoms with Crippen molar-refractivity contribution < 1.29 is 4.79 Å². The maximum atomic E-state index is 12.0. The highest BCUT2D eigenvalue weighted by Crippen LogP contribution is 2.30. The molecule has 1 amide bonds. The van der Waals surface area contributed by atoms with Gasteiger partial charge in [-0.05, 0) is 42.4 Å². The Labute approximate surface area is 134 Å². The predicted octanol–water partition coefficient (Wildman–Crippen LogP) is 4.15. The molecule has 0 bridgehead atoms. The molecule has 1 N–H and O–H groups in total. The van der Waals surface area contributed by atoms with Gasteiger partial charge >= 0.3 is 0 Å². The van der Waals surface area contributed by atoms with Crippen molar-refractivity contribution in [3.8, 4) is 0 Å². The van der Waals surface area contributed by atoms with E-state index in [0.29, 0.717) is 24.1 Å². The van der Waals surface area contributed by atoms with E-state index in [1.165, 1.54) is 25.7 Å². The SMILES string of the molecule is O=C(Cc1ccc(Br)cc1)NCC1CCCCC1CCl. The molecule has 110 valence electrons. The van der Waals surface area contributed by atoms with Crippen LogP contribution in [0.3, 0.4) is 0 Å². The number of carbonyl (C=O) groups excluding carboxylic acids is 1. The summed E-state index contributed by atoms with van der Waals surface area (Å²) in [5, 5.41) is 3.07. The van der Waals surface area contributed by atoms with E-state index in [9.17, 15) is 4.79 Å². The standard InChI is InChI=1S/C16H21BrClNO/c17-15-7-5-12(6-8-15)9-16(20)19-11-14-4-2-1-3-13(14)10-18/h5-8,13-14H,1-4,9-11H2,(H,19,20). The maximum Gasteiger partial charge on any atom is 0.224 e. The first-order valence-electron chi connectivity index (χ1n) is 7.26. The van der Waals surface area contributed by atoms with E-state index in [0.717, 1.165) is 16.6 Å². The lowest BCUT2D eigenvalue weighted by molar-refractivity contribution is -0.120. The van der Waals surface area contributed by atoms with Gasteiger partial charge in [-0.3, -0.25) is 4.79 Å². The Bertz CT molecular complexity index is 435. The number of carbonyl (C=O) groups is 1. The van der Waals surface area contributed by atoms with Crippen LogP contribution in [0.5, 0.6) is 0 Å². The quantitative estimate of drug-likeness (QED) is 0.787. The molecule has 0 spiro atoms. The second-order valence-corrected chi connectivity index (χ2v) is 6.79. The Kier molecular flexibility index (Phi) is 6.37. The molecule has 20 heavy (non-hydrogen) atoms. The van der Waals surface area contributed by atoms with Gasteiger partial charge in [0.05, 0.1) is 6.42 Å². The van der Waals surface area contributed by atoms with Crippen molar-refractivity contribution in [3.63, 3.8) is 0 Å². The third-order valence-corrected chi connectivity index (χ3v) is 5.03. The van der Waals surface area contributed by atoms with Crippen LogP contribution in [0.4, 0.5) is 0 Å². The van der Waals surface area contributed by atoms with Gasteiger partial charge in [0.15, 0.2) is 0 Å². The van der Waals surface area contributed by atoms with Crippen LogP contribution in [0.25, 0.3) is 0 Å². The molecule has 2 unspecified atom stereocenters. The Balaban J connectivity index is 1.78. The predicted molar refractivity (Wildman–Crippen MR) is 87.0 cm³/mol. The van der Waals surface area contributed by atoms with E-state index >= 15 is 0 Å². The van der Waals surface area contributed by atoms with E-state index in [1.54, 1.807) is 0 Å². The number of hydrogen-bond donors (Lipinski definition) is 1. The third kappa shape index (κ3) is 4.78. The Morgan fingerprint density at radius 2 is 1.85 bits per heavy atom. The fourth-order valence-corrected chi connectivity index (χ4v) is 3.52. The van der Waals surface area contributed by atoms with Crippen LogP contribution in [0, 0.1) is 11.8 Å². The maximum absolute atomic E-state index is 12.0. The molecule has 1 aliphatic carbocycles. The molecule has 2 rings (SSSR count). The number of alkyl halides is 1. The Hall–Kier alpha value is -0.540. The first kappa shape index (κ1) is 15.8.